The van der Waals surface area contributed by atoms with E-state index < -0.39 is 0 Å². The standard InChI is InChI=1S/C15H11Cl2FN2O/c1-21-13-7-9(18)5-6-11(13)20-12-4-2-3-10(17)15(12)19-14(20)8-16/h2-7H,8H2,1H3. The Morgan fingerprint density at radius 3 is 2.81 bits per heavy atom. The summed E-state index contributed by atoms with van der Waals surface area (Å²) in [6.07, 6.45) is 0. The van der Waals surface area contributed by atoms with Gasteiger partial charge in [-0.05, 0) is 24.3 Å². The summed E-state index contributed by atoms with van der Waals surface area (Å²) in [4.78, 5) is 4.45. The SMILES string of the molecule is COc1cc(F)ccc1-n1c(CCl)nc2c(Cl)cccc21. The molecule has 1 aromatic heterocycles. The first kappa shape index (κ1) is 14.2. The number of nitrogens with zero attached hydrogens (tertiary/aromatic N) is 2. The number of alkyl halides is 1. The molecule has 0 saturated carbocycles. The lowest BCUT2D eigenvalue weighted by Gasteiger charge is -2.12. The number of methoxy groups -OCH3 is 1. The van der Waals surface area contributed by atoms with Gasteiger partial charge in [-0.2, -0.15) is 0 Å². The molecule has 0 unspecified atom stereocenters. The van der Waals surface area contributed by atoms with Gasteiger partial charge in [0.25, 0.3) is 0 Å². The predicted molar refractivity (Wildman–Crippen MR) is 82.1 cm³/mol. The van der Waals surface area contributed by atoms with Crippen LogP contribution in [0.25, 0.3) is 16.7 Å². The summed E-state index contributed by atoms with van der Waals surface area (Å²) in [6, 6.07) is 9.80. The Kier molecular flexibility index (Phi) is 3.74. The van der Waals surface area contributed by atoms with Crippen molar-refractivity contribution in [1.29, 1.82) is 0 Å². The number of hydrogen-bond donors (Lipinski definition) is 0. The number of rotatable bonds is 3. The van der Waals surface area contributed by atoms with Crippen molar-refractivity contribution < 1.29 is 9.13 Å². The molecule has 6 heteroatoms. The van der Waals surface area contributed by atoms with Crippen LogP contribution in [0.3, 0.4) is 0 Å². The Balaban J connectivity index is 2.36. The van der Waals surface area contributed by atoms with Gasteiger partial charge in [0.05, 0.1) is 29.2 Å². The highest BCUT2D eigenvalue weighted by molar-refractivity contribution is 6.35. The van der Waals surface area contributed by atoms with Crippen molar-refractivity contribution in [2.24, 2.45) is 0 Å². The smallest absolute Gasteiger partial charge is 0.145 e. The van der Waals surface area contributed by atoms with E-state index in [2.05, 4.69) is 4.98 Å². The topological polar surface area (TPSA) is 27.1 Å². The molecule has 0 bridgehead atoms. The molecule has 0 spiro atoms. The second-order valence-electron chi connectivity index (χ2n) is 4.42. The van der Waals surface area contributed by atoms with E-state index in [0.29, 0.717) is 27.8 Å². The number of aromatic nitrogens is 2. The predicted octanol–water partition coefficient (Wildman–Crippen LogP) is 4.57. The van der Waals surface area contributed by atoms with Crippen LogP contribution in [0.2, 0.25) is 5.02 Å². The van der Waals surface area contributed by atoms with Crippen molar-refractivity contribution in [1.82, 2.24) is 9.55 Å². The number of imidazole rings is 1. The fraction of sp³-hybridized carbons (Fsp3) is 0.133. The van der Waals surface area contributed by atoms with E-state index >= 15 is 0 Å². The van der Waals surface area contributed by atoms with Crippen molar-refractivity contribution in [3.05, 3.63) is 53.1 Å². The molecule has 0 aliphatic rings. The van der Waals surface area contributed by atoms with Crippen LogP contribution in [-0.4, -0.2) is 16.7 Å². The highest BCUT2D eigenvalue weighted by Gasteiger charge is 2.17. The minimum Gasteiger partial charge on any atom is -0.494 e. The largest absolute Gasteiger partial charge is 0.494 e. The summed E-state index contributed by atoms with van der Waals surface area (Å²) in [5, 5.41) is 0.540. The van der Waals surface area contributed by atoms with Crippen molar-refractivity contribution in [3.8, 4) is 11.4 Å². The lowest BCUT2D eigenvalue weighted by molar-refractivity contribution is 0.409. The lowest BCUT2D eigenvalue weighted by Crippen LogP contribution is -2.02. The van der Waals surface area contributed by atoms with Gasteiger partial charge in [0.1, 0.15) is 22.9 Å². The van der Waals surface area contributed by atoms with Crippen LogP contribution < -0.4 is 4.74 Å². The molecule has 0 aliphatic heterocycles. The summed E-state index contributed by atoms with van der Waals surface area (Å²) >= 11 is 12.2. The number of benzene rings is 2. The van der Waals surface area contributed by atoms with Gasteiger partial charge in [-0.15, -0.1) is 11.6 Å². The van der Waals surface area contributed by atoms with Crippen LogP contribution >= 0.6 is 23.2 Å². The Hall–Kier alpha value is -1.78. The maximum Gasteiger partial charge on any atom is 0.145 e. The van der Waals surface area contributed by atoms with Gasteiger partial charge in [0.15, 0.2) is 0 Å². The number of halogens is 3. The van der Waals surface area contributed by atoms with Crippen LogP contribution in [-0.2, 0) is 5.88 Å². The van der Waals surface area contributed by atoms with E-state index in [1.54, 1.807) is 12.1 Å². The first-order valence-corrected chi connectivity index (χ1v) is 7.12. The molecule has 108 valence electrons. The molecule has 2 aromatic carbocycles. The third-order valence-corrected chi connectivity index (χ3v) is 3.75. The van der Waals surface area contributed by atoms with Gasteiger partial charge in [0.2, 0.25) is 0 Å². The van der Waals surface area contributed by atoms with Crippen molar-refractivity contribution in [2.45, 2.75) is 5.88 Å². The molecular weight excluding hydrogens is 314 g/mol. The zero-order valence-corrected chi connectivity index (χ0v) is 12.6. The van der Waals surface area contributed by atoms with Gasteiger partial charge in [-0.25, -0.2) is 9.37 Å². The van der Waals surface area contributed by atoms with Crippen LogP contribution in [0.5, 0.6) is 5.75 Å². The van der Waals surface area contributed by atoms with E-state index in [9.17, 15) is 4.39 Å². The molecule has 3 rings (SSSR count). The molecule has 3 aromatic rings. The molecule has 1 heterocycles. The van der Waals surface area contributed by atoms with Crippen LogP contribution in [0.1, 0.15) is 5.82 Å². The minimum atomic E-state index is -0.370. The fourth-order valence-corrected chi connectivity index (χ4v) is 2.70. The third kappa shape index (κ3) is 2.34. The maximum absolute atomic E-state index is 13.4. The molecule has 0 radical (unpaired) electrons. The van der Waals surface area contributed by atoms with Crippen LogP contribution in [0.4, 0.5) is 4.39 Å². The Labute approximate surface area is 130 Å². The maximum atomic E-state index is 13.4. The average molecular weight is 325 g/mol. The first-order valence-electron chi connectivity index (χ1n) is 6.21. The Bertz CT molecular complexity index is 817. The van der Waals surface area contributed by atoms with E-state index in [0.717, 1.165) is 5.52 Å². The Morgan fingerprint density at radius 1 is 1.29 bits per heavy atom. The lowest BCUT2D eigenvalue weighted by atomic mass is 10.2. The molecule has 21 heavy (non-hydrogen) atoms. The number of para-hydroxylation sites is 1. The quantitative estimate of drug-likeness (QED) is 0.660. The van der Waals surface area contributed by atoms with Gasteiger partial charge >= 0.3 is 0 Å². The summed E-state index contributed by atoms with van der Waals surface area (Å²) in [6.45, 7) is 0. The molecule has 0 aliphatic carbocycles. The molecule has 0 amide bonds. The fourth-order valence-electron chi connectivity index (χ4n) is 2.31. The molecule has 0 N–H and O–H groups in total. The van der Waals surface area contributed by atoms with Crippen LogP contribution in [0.15, 0.2) is 36.4 Å². The normalized spacial score (nSPS) is 11.0. The van der Waals surface area contributed by atoms with Gasteiger partial charge in [-0.3, -0.25) is 4.57 Å². The molecule has 0 fully saturated rings. The van der Waals surface area contributed by atoms with E-state index in [1.165, 1.54) is 19.2 Å². The highest BCUT2D eigenvalue weighted by atomic mass is 35.5. The minimum absolute atomic E-state index is 0.200. The van der Waals surface area contributed by atoms with E-state index in [1.807, 2.05) is 16.7 Å². The number of ether oxygens (including phenoxy) is 1. The Morgan fingerprint density at radius 2 is 2.10 bits per heavy atom. The second kappa shape index (κ2) is 5.54. The molecule has 0 saturated heterocycles. The van der Waals surface area contributed by atoms with Gasteiger partial charge in [-0.1, -0.05) is 17.7 Å². The molecule has 3 nitrogen and oxygen atoms in total. The zero-order valence-electron chi connectivity index (χ0n) is 11.1. The van der Waals surface area contributed by atoms with Gasteiger partial charge in [0, 0.05) is 6.07 Å². The van der Waals surface area contributed by atoms with E-state index in [-0.39, 0.29) is 11.7 Å². The summed E-state index contributed by atoms with van der Waals surface area (Å²) < 4.78 is 20.5. The first-order chi connectivity index (χ1) is 10.2. The van der Waals surface area contributed by atoms with Crippen molar-refractivity contribution in [3.63, 3.8) is 0 Å². The van der Waals surface area contributed by atoms with Crippen molar-refractivity contribution in [2.75, 3.05) is 7.11 Å². The van der Waals surface area contributed by atoms with Gasteiger partial charge < -0.3 is 4.74 Å². The van der Waals surface area contributed by atoms with E-state index in [4.69, 9.17) is 27.9 Å². The number of fused-ring (bicyclic) bond motifs is 1. The third-order valence-electron chi connectivity index (χ3n) is 3.21. The zero-order chi connectivity index (χ0) is 15.0. The summed E-state index contributed by atoms with van der Waals surface area (Å²) in [7, 11) is 1.49. The average Bonchev–Trinajstić information content (AvgIpc) is 2.87. The number of hydrogen-bond acceptors (Lipinski definition) is 2. The highest BCUT2D eigenvalue weighted by Crippen LogP contribution is 2.32. The van der Waals surface area contributed by atoms with Crippen molar-refractivity contribution >= 4 is 34.2 Å². The summed E-state index contributed by atoms with van der Waals surface area (Å²) in [5.41, 5.74) is 2.11. The van der Waals surface area contributed by atoms with Crippen LogP contribution in [0, 0.1) is 5.82 Å². The second-order valence-corrected chi connectivity index (χ2v) is 5.10. The summed E-state index contributed by atoms with van der Waals surface area (Å²) in [5.74, 6) is 0.849. The monoisotopic (exact) mass is 324 g/mol. The molecule has 0 atom stereocenters. The molecular formula is C15H11Cl2FN2O.